The molecule has 0 bridgehead atoms. The van der Waals surface area contributed by atoms with Crippen LogP contribution in [0.4, 0.5) is 0 Å². The van der Waals surface area contributed by atoms with Crippen LogP contribution < -0.4 is 0 Å². The molecule has 5 atom stereocenters. The van der Waals surface area contributed by atoms with Crippen molar-refractivity contribution in [2.75, 3.05) is 6.61 Å². The number of benzene rings is 2. The number of hydrogen-bond acceptors (Lipinski definition) is 8. The first-order valence-electron chi connectivity index (χ1n) is 14.6. The fourth-order valence-electron chi connectivity index (χ4n) is 4.95. The first-order valence-corrected chi connectivity index (χ1v) is 17.5. The van der Waals surface area contributed by atoms with Gasteiger partial charge in [-0.15, -0.1) is 0 Å². The largest absolute Gasteiger partial charge is 0.466 e. The van der Waals surface area contributed by atoms with Crippen molar-refractivity contribution in [3.63, 3.8) is 0 Å². The molecule has 2 aromatic rings. The molecule has 2 aliphatic heterocycles. The Bertz CT molecular complexity index is 1120. The Kier molecular flexibility index (Phi) is 10.1. The fourth-order valence-corrected chi connectivity index (χ4v) is 6.01. The van der Waals surface area contributed by atoms with Gasteiger partial charge in [-0.3, -0.25) is 4.79 Å². The molecule has 41 heavy (non-hydrogen) atoms. The van der Waals surface area contributed by atoms with Crippen molar-refractivity contribution < 1.29 is 33.0 Å². The van der Waals surface area contributed by atoms with Crippen molar-refractivity contribution >= 4 is 14.3 Å². The van der Waals surface area contributed by atoms with Gasteiger partial charge in [-0.25, -0.2) is 0 Å². The minimum Gasteiger partial charge on any atom is -0.466 e. The average Bonchev–Trinajstić information content (AvgIpc) is 3.37. The van der Waals surface area contributed by atoms with Gasteiger partial charge in [-0.2, -0.15) is 5.06 Å². The van der Waals surface area contributed by atoms with Gasteiger partial charge in [0.2, 0.25) is 8.32 Å². The molecule has 8 nitrogen and oxygen atoms in total. The normalized spacial score (nSPS) is 24.8. The number of fused-ring (bicyclic) bond motifs is 1. The lowest BCUT2D eigenvalue weighted by atomic mass is 9.99. The molecule has 2 heterocycles. The predicted octanol–water partition coefficient (Wildman–Crippen LogP) is 6.21. The molecule has 0 saturated carbocycles. The summed E-state index contributed by atoms with van der Waals surface area (Å²) < 4.78 is 38.1. The number of hydrogen-bond donors (Lipinski definition) is 0. The molecule has 2 fully saturated rings. The van der Waals surface area contributed by atoms with Crippen LogP contribution in [0.25, 0.3) is 0 Å². The van der Waals surface area contributed by atoms with E-state index in [1.165, 1.54) is 0 Å². The second kappa shape index (κ2) is 13.0. The number of hydroxylamine groups is 2. The molecule has 2 aliphatic rings. The maximum Gasteiger partial charge on any atom is 0.307 e. The molecule has 2 saturated heterocycles. The summed E-state index contributed by atoms with van der Waals surface area (Å²) in [6, 6.07) is 19.6. The summed E-state index contributed by atoms with van der Waals surface area (Å²) in [6.07, 6.45) is -2.12. The number of nitrogens with zero attached hydrogens (tertiary/aromatic N) is 1. The number of esters is 1. The van der Waals surface area contributed by atoms with Crippen molar-refractivity contribution in [2.45, 2.75) is 116 Å². The van der Waals surface area contributed by atoms with Gasteiger partial charge < -0.3 is 28.2 Å². The monoisotopic (exact) mass is 585 g/mol. The zero-order valence-electron chi connectivity index (χ0n) is 25.8. The van der Waals surface area contributed by atoms with Gasteiger partial charge in [0.15, 0.2) is 12.1 Å². The minimum atomic E-state index is -2.33. The Morgan fingerprint density at radius 2 is 1.61 bits per heavy atom. The zero-order valence-corrected chi connectivity index (χ0v) is 26.8. The van der Waals surface area contributed by atoms with E-state index in [1.807, 2.05) is 74.4 Å². The number of carbonyl (C=O) groups is 1. The van der Waals surface area contributed by atoms with E-state index in [2.05, 4.69) is 46.0 Å². The van der Waals surface area contributed by atoms with Crippen LogP contribution in [-0.2, 0) is 46.2 Å². The third-order valence-electron chi connectivity index (χ3n) is 8.08. The summed E-state index contributed by atoms with van der Waals surface area (Å²) in [5.74, 6) is -1.13. The van der Waals surface area contributed by atoms with E-state index < -0.39 is 44.7 Å². The van der Waals surface area contributed by atoms with Crippen molar-refractivity contribution in [1.82, 2.24) is 5.06 Å². The van der Waals surface area contributed by atoms with Crippen LogP contribution in [0, 0.1) is 0 Å². The van der Waals surface area contributed by atoms with Gasteiger partial charge in [0.1, 0.15) is 18.3 Å². The van der Waals surface area contributed by atoms with E-state index >= 15 is 0 Å². The van der Waals surface area contributed by atoms with Gasteiger partial charge in [0.25, 0.3) is 0 Å². The van der Waals surface area contributed by atoms with Crippen LogP contribution in [0.15, 0.2) is 60.7 Å². The molecule has 0 aromatic heterocycles. The van der Waals surface area contributed by atoms with Gasteiger partial charge >= 0.3 is 5.97 Å². The highest BCUT2D eigenvalue weighted by atomic mass is 28.4. The third-order valence-corrected chi connectivity index (χ3v) is 12.4. The van der Waals surface area contributed by atoms with Gasteiger partial charge in [0, 0.05) is 6.54 Å². The highest BCUT2D eigenvalue weighted by Crippen LogP contribution is 2.43. The smallest absolute Gasteiger partial charge is 0.307 e. The van der Waals surface area contributed by atoms with Gasteiger partial charge in [-0.1, -0.05) is 81.4 Å². The van der Waals surface area contributed by atoms with Crippen LogP contribution in [0.2, 0.25) is 18.1 Å². The maximum atomic E-state index is 13.1. The van der Waals surface area contributed by atoms with E-state index in [0.717, 1.165) is 11.1 Å². The summed E-state index contributed by atoms with van der Waals surface area (Å²) in [4.78, 5) is 13.1. The first-order chi connectivity index (χ1) is 19.3. The molecule has 226 valence electrons. The summed E-state index contributed by atoms with van der Waals surface area (Å²) >= 11 is 0. The molecule has 4 rings (SSSR count). The molecule has 0 unspecified atom stereocenters. The van der Waals surface area contributed by atoms with Crippen LogP contribution in [0.3, 0.4) is 0 Å². The van der Waals surface area contributed by atoms with Crippen LogP contribution in [0.1, 0.15) is 59.1 Å². The number of rotatable bonds is 12. The third kappa shape index (κ3) is 8.04. The SMILES string of the molecule is CCOC(=O)C[C@H]([C@H]1O[C@@H]2OC(C)(C)O[C@@H]2[C@H]1OCc1ccccc1)N(Cc1ccccc1)O[Si](C)(C)C(C)(C)C. The molecule has 0 aliphatic carbocycles. The summed E-state index contributed by atoms with van der Waals surface area (Å²) in [5, 5.41) is 1.88. The Morgan fingerprint density at radius 1 is 1.00 bits per heavy atom. The van der Waals surface area contributed by atoms with Crippen LogP contribution in [-0.4, -0.2) is 62.4 Å². The average molecular weight is 586 g/mol. The van der Waals surface area contributed by atoms with E-state index in [9.17, 15) is 4.79 Å². The Morgan fingerprint density at radius 3 is 2.20 bits per heavy atom. The lowest BCUT2D eigenvalue weighted by Gasteiger charge is -2.44. The molecule has 2 aromatic carbocycles. The van der Waals surface area contributed by atoms with Crippen molar-refractivity contribution in [3.8, 4) is 0 Å². The summed E-state index contributed by atoms with van der Waals surface area (Å²) in [6.45, 7) is 17.7. The standard InChI is InChI=1S/C32H47NO7Si/c1-9-35-26(34)20-25(33(21-23-16-12-10-13-17-23)40-41(7,8)31(2,3)4)27-28(36-22-24-18-14-11-15-19-24)29-30(37-27)39-32(5,6)38-29/h10-19,25,27-30H,9,20-22H2,1-8H3/t25-,27-,28+,29-,30-/m1/s1. The van der Waals surface area contributed by atoms with E-state index in [1.54, 1.807) is 0 Å². The van der Waals surface area contributed by atoms with Crippen LogP contribution >= 0.6 is 0 Å². The van der Waals surface area contributed by atoms with E-state index in [0.29, 0.717) is 19.8 Å². The molecule has 0 N–H and O–H groups in total. The lowest BCUT2D eigenvalue weighted by Crippen LogP contribution is -2.56. The lowest BCUT2D eigenvalue weighted by molar-refractivity contribution is -0.243. The predicted molar refractivity (Wildman–Crippen MR) is 159 cm³/mol. The number of carbonyl (C=O) groups excluding carboxylic acids is 1. The van der Waals surface area contributed by atoms with Crippen LogP contribution in [0.5, 0.6) is 0 Å². The summed E-state index contributed by atoms with van der Waals surface area (Å²) in [5.41, 5.74) is 2.10. The molecular formula is C32H47NO7Si. The fraction of sp³-hybridized carbons (Fsp3) is 0.594. The van der Waals surface area contributed by atoms with Gasteiger partial charge in [0.05, 0.1) is 25.7 Å². The molecule has 0 radical (unpaired) electrons. The summed E-state index contributed by atoms with van der Waals surface area (Å²) in [7, 11) is -2.33. The highest BCUT2D eigenvalue weighted by molar-refractivity contribution is 6.74. The maximum absolute atomic E-state index is 13.1. The highest BCUT2D eigenvalue weighted by Gasteiger charge is 2.58. The second-order valence-corrected chi connectivity index (χ2v) is 17.5. The second-order valence-electron chi connectivity index (χ2n) is 12.8. The Labute approximate surface area is 246 Å². The molecule has 9 heteroatoms. The Hall–Kier alpha value is -2.11. The quantitative estimate of drug-likeness (QED) is 0.165. The molecular weight excluding hydrogens is 538 g/mol. The van der Waals surface area contributed by atoms with Gasteiger partial charge in [-0.05, 0) is 50.0 Å². The molecule has 0 amide bonds. The molecule has 0 spiro atoms. The topological polar surface area (TPSA) is 75.7 Å². The first kappa shape index (κ1) is 31.8. The number of ether oxygens (including phenoxy) is 5. The van der Waals surface area contributed by atoms with Crippen molar-refractivity contribution in [1.29, 1.82) is 0 Å². The van der Waals surface area contributed by atoms with Crippen molar-refractivity contribution in [2.24, 2.45) is 0 Å². The van der Waals surface area contributed by atoms with Crippen molar-refractivity contribution in [3.05, 3.63) is 71.8 Å². The Balaban J connectivity index is 1.72. The van der Waals surface area contributed by atoms with E-state index in [4.69, 9.17) is 28.2 Å². The minimum absolute atomic E-state index is 0.0635. The van der Waals surface area contributed by atoms with E-state index in [-0.39, 0.29) is 17.4 Å². The zero-order chi connectivity index (χ0) is 29.8.